The number of aryl methyl sites for hydroxylation is 1. The van der Waals surface area contributed by atoms with E-state index < -0.39 is 30.3 Å². The third kappa shape index (κ3) is 5.90. The van der Waals surface area contributed by atoms with Crippen LogP contribution < -0.4 is 10.6 Å². The lowest BCUT2D eigenvalue weighted by Crippen LogP contribution is -2.42. The third-order valence-electron chi connectivity index (χ3n) is 2.67. The fourth-order valence-electron chi connectivity index (χ4n) is 1.44. The number of amides is 3. The minimum Gasteiger partial charge on any atom is -0.452 e. The van der Waals surface area contributed by atoms with Gasteiger partial charge >= 0.3 is 12.0 Å². The largest absolute Gasteiger partial charge is 0.452 e. The van der Waals surface area contributed by atoms with Gasteiger partial charge in [0.05, 0.1) is 5.56 Å². The molecule has 0 bridgehead atoms. The van der Waals surface area contributed by atoms with E-state index in [1.54, 1.807) is 6.92 Å². The average molecular weight is 310 g/mol. The monoisotopic (exact) mass is 310 g/mol. The first kappa shape index (κ1) is 17.6. The zero-order chi connectivity index (χ0) is 16.7. The fraction of sp³-hybridized carbons (Fsp3) is 0.400. The molecule has 0 saturated carbocycles. The molecule has 3 amide bonds. The van der Waals surface area contributed by atoms with Crippen molar-refractivity contribution in [2.75, 3.05) is 13.2 Å². The van der Waals surface area contributed by atoms with Crippen LogP contribution in [0.2, 0.25) is 0 Å². The van der Waals surface area contributed by atoms with Gasteiger partial charge in [0.1, 0.15) is 5.82 Å². The van der Waals surface area contributed by atoms with Crippen LogP contribution >= 0.6 is 0 Å². The van der Waals surface area contributed by atoms with Crippen LogP contribution in [0.4, 0.5) is 9.18 Å². The normalized spacial score (nSPS) is 10.2. The van der Waals surface area contributed by atoms with Gasteiger partial charge in [-0.15, -0.1) is 0 Å². The molecular formula is C15H19FN2O4. The van der Waals surface area contributed by atoms with Crippen LogP contribution in [0.3, 0.4) is 0 Å². The molecule has 0 fully saturated rings. The number of rotatable bonds is 5. The highest BCUT2D eigenvalue weighted by Gasteiger charge is 2.13. The summed E-state index contributed by atoms with van der Waals surface area (Å²) in [4.78, 5) is 34.4. The summed E-state index contributed by atoms with van der Waals surface area (Å²) in [5, 5.41) is 4.51. The van der Waals surface area contributed by atoms with Crippen LogP contribution in [0.1, 0.15) is 29.8 Å². The van der Waals surface area contributed by atoms with Crippen molar-refractivity contribution in [2.45, 2.75) is 20.8 Å². The van der Waals surface area contributed by atoms with Crippen molar-refractivity contribution >= 4 is 17.9 Å². The van der Waals surface area contributed by atoms with Crippen LogP contribution in [0.25, 0.3) is 0 Å². The van der Waals surface area contributed by atoms with Gasteiger partial charge in [-0.1, -0.05) is 19.9 Å². The Morgan fingerprint density at radius 2 is 1.95 bits per heavy atom. The summed E-state index contributed by atoms with van der Waals surface area (Å²) in [6.45, 7) is 5.17. The van der Waals surface area contributed by atoms with E-state index in [1.165, 1.54) is 12.1 Å². The lowest BCUT2D eigenvalue weighted by atomic mass is 10.1. The number of carbonyl (C=O) groups is 3. The summed E-state index contributed by atoms with van der Waals surface area (Å²) in [7, 11) is 0. The average Bonchev–Trinajstić information content (AvgIpc) is 2.45. The summed E-state index contributed by atoms with van der Waals surface area (Å²) in [6, 6.07) is 3.21. The Balaban J connectivity index is 2.41. The van der Waals surface area contributed by atoms with Gasteiger partial charge in [-0.2, -0.15) is 0 Å². The molecule has 7 heteroatoms. The van der Waals surface area contributed by atoms with E-state index >= 15 is 0 Å². The van der Waals surface area contributed by atoms with Gasteiger partial charge in [-0.3, -0.25) is 10.1 Å². The zero-order valence-electron chi connectivity index (χ0n) is 12.7. The molecule has 0 atom stereocenters. The van der Waals surface area contributed by atoms with E-state index in [1.807, 2.05) is 19.2 Å². The number of hydrogen-bond acceptors (Lipinski definition) is 4. The minimum absolute atomic E-state index is 0.000148. The SMILES string of the molecule is Cc1ccc(C(=O)OCC(=O)NC(=O)NCC(C)C)cc1F. The van der Waals surface area contributed by atoms with E-state index in [0.29, 0.717) is 12.1 Å². The van der Waals surface area contributed by atoms with Gasteiger partial charge in [0, 0.05) is 6.54 Å². The second-order valence-corrected chi connectivity index (χ2v) is 5.19. The Labute approximate surface area is 128 Å². The summed E-state index contributed by atoms with van der Waals surface area (Å²) >= 11 is 0. The Morgan fingerprint density at radius 3 is 2.55 bits per heavy atom. The van der Waals surface area contributed by atoms with Crippen molar-refractivity contribution in [1.82, 2.24) is 10.6 Å². The smallest absolute Gasteiger partial charge is 0.338 e. The number of urea groups is 1. The number of esters is 1. The van der Waals surface area contributed by atoms with Crippen LogP contribution in [0.5, 0.6) is 0 Å². The molecule has 1 aromatic rings. The van der Waals surface area contributed by atoms with Crippen molar-refractivity contribution in [3.05, 3.63) is 35.1 Å². The molecule has 0 unspecified atom stereocenters. The molecular weight excluding hydrogens is 291 g/mol. The predicted molar refractivity (Wildman–Crippen MR) is 77.8 cm³/mol. The highest BCUT2D eigenvalue weighted by Crippen LogP contribution is 2.10. The van der Waals surface area contributed by atoms with Gasteiger partial charge in [0.15, 0.2) is 6.61 Å². The van der Waals surface area contributed by atoms with Crippen molar-refractivity contribution < 1.29 is 23.5 Å². The molecule has 22 heavy (non-hydrogen) atoms. The molecule has 0 radical (unpaired) electrons. The molecule has 0 aromatic heterocycles. The first-order valence-corrected chi connectivity index (χ1v) is 6.80. The Morgan fingerprint density at radius 1 is 1.27 bits per heavy atom. The summed E-state index contributed by atoms with van der Waals surface area (Å²) in [6.07, 6.45) is 0. The van der Waals surface area contributed by atoms with Gasteiger partial charge in [0.25, 0.3) is 5.91 Å². The molecule has 6 nitrogen and oxygen atoms in total. The Hall–Kier alpha value is -2.44. The topological polar surface area (TPSA) is 84.5 Å². The van der Waals surface area contributed by atoms with Crippen molar-refractivity contribution in [3.8, 4) is 0 Å². The standard InChI is InChI=1S/C15H19FN2O4/c1-9(2)7-17-15(21)18-13(19)8-22-14(20)11-5-4-10(3)12(16)6-11/h4-6,9H,7-8H2,1-3H3,(H2,17,18,19,21). The number of hydrogen-bond donors (Lipinski definition) is 2. The third-order valence-corrected chi connectivity index (χ3v) is 2.67. The second kappa shape index (κ2) is 8.11. The van der Waals surface area contributed by atoms with Gasteiger partial charge in [0.2, 0.25) is 0 Å². The summed E-state index contributed by atoms with van der Waals surface area (Å²) < 4.78 is 18.0. The number of benzene rings is 1. The molecule has 2 N–H and O–H groups in total. The Kier molecular flexibility index (Phi) is 6.49. The first-order chi connectivity index (χ1) is 10.3. The van der Waals surface area contributed by atoms with E-state index in [0.717, 1.165) is 6.07 Å². The Bertz CT molecular complexity index is 573. The van der Waals surface area contributed by atoms with Crippen LogP contribution in [-0.2, 0) is 9.53 Å². The van der Waals surface area contributed by atoms with Crippen LogP contribution in [0, 0.1) is 18.7 Å². The van der Waals surface area contributed by atoms with Crippen LogP contribution in [0.15, 0.2) is 18.2 Å². The molecule has 1 aromatic carbocycles. The van der Waals surface area contributed by atoms with Gasteiger partial charge in [-0.05, 0) is 30.5 Å². The van der Waals surface area contributed by atoms with E-state index in [4.69, 9.17) is 4.74 Å². The minimum atomic E-state index is -0.836. The number of ether oxygens (including phenoxy) is 1. The number of nitrogens with one attached hydrogen (secondary N) is 2. The highest BCUT2D eigenvalue weighted by atomic mass is 19.1. The molecule has 0 spiro atoms. The summed E-state index contributed by atoms with van der Waals surface area (Å²) in [5.74, 6) is -1.89. The molecule has 0 saturated heterocycles. The molecule has 0 aliphatic rings. The number of carbonyl (C=O) groups excluding carboxylic acids is 3. The lowest BCUT2D eigenvalue weighted by molar-refractivity contribution is -0.123. The second-order valence-electron chi connectivity index (χ2n) is 5.19. The molecule has 120 valence electrons. The van der Waals surface area contributed by atoms with Crippen molar-refractivity contribution in [1.29, 1.82) is 0 Å². The van der Waals surface area contributed by atoms with E-state index in [9.17, 15) is 18.8 Å². The first-order valence-electron chi connectivity index (χ1n) is 6.80. The van der Waals surface area contributed by atoms with Crippen molar-refractivity contribution in [2.24, 2.45) is 5.92 Å². The predicted octanol–water partition coefficient (Wildman–Crippen LogP) is 1.77. The van der Waals surface area contributed by atoms with E-state index in [-0.39, 0.29) is 11.5 Å². The molecule has 0 heterocycles. The lowest BCUT2D eigenvalue weighted by Gasteiger charge is -2.09. The molecule has 1 rings (SSSR count). The highest BCUT2D eigenvalue weighted by molar-refractivity contribution is 5.97. The maximum Gasteiger partial charge on any atom is 0.338 e. The number of imide groups is 1. The number of halogens is 1. The quantitative estimate of drug-likeness (QED) is 0.812. The molecule has 0 aliphatic heterocycles. The van der Waals surface area contributed by atoms with Crippen molar-refractivity contribution in [3.63, 3.8) is 0 Å². The van der Waals surface area contributed by atoms with E-state index in [2.05, 4.69) is 5.32 Å². The van der Waals surface area contributed by atoms with Gasteiger partial charge in [-0.25, -0.2) is 14.0 Å². The maximum absolute atomic E-state index is 13.3. The maximum atomic E-state index is 13.3. The fourth-order valence-corrected chi connectivity index (χ4v) is 1.44. The zero-order valence-corrected chi connectivity index (χ0v) is 12.7. The molecule has 0 aliphatic carbocycles. The van der Waals surface area contributed by atoms with Crippen LogP contribution in [-0.4, -0.2) is 31.1 Å². The summed E-state index contributed by atoms with van der Waals surface area (Å²) in [5.41, 5.74) is 0.399. The van der Waals surface area contributed by atoms with Gasteiger partial charge < -0.3 is 10.1 Å².